The van der Waals surface area contributed by atoms with Crippen LogP contribution in [0.5, 0.6) is 5.75 Å². The summed E-state index contributed by atoms with van der Waals surface area (Å²) in [4.78, 5) is 26.0. The van der Waals surface area contributed by atoms with Gasteiger partial charge in [-0.3, -0.25) is 14.3 Å². The topological polar surface area (TPSA) is 120 Å². The van der Waals surface area contributed by atoms with Crippen molar-refractivity contribution in [3.05, 3.63) is 51.8 Å². The van der Waals surface area contributed by atoms with Crippen LogP contribution in [0.15, 0.2) is 39.7 Å². The summed E-state index contributed by atoms with van der Waals surface area (Å²) in [7, 11) is 0. The van der Waals surface area contributed by atoms with E-state index in [1.54, 1.807) is 16.7 Å². The minimum atomic E-state index is -0.665. The van der Waals surface area contributed by atoms with E-state index in [0.717, 1.165) is 41.8 Å². The Labute approximate surface area is 246 Å². The van der Waals surface area contributed by atoms with Crippen LogP contribution in [0.25, 0.3) is 27.6 Å². The maximum atomic E-state index is 14.8. The molecule has 0 radical (unpaired) electrons. The molecule has 0 bridgehead atoms. The highest BCUT2D eigenvalue weighted by Crippen LogP contribution is 2.31. The van der Waals surface area contributed by atoms with E-state index in [9.17, 15) is 13.6 Å². The third-order valence-electron chi connectivity index (χ3n) is 7.72. The third kappa shape index (κ3) is 5.09. The van der Waals surface area contributed by atoms with Gasteiger partial charge in [-0.15, -0.1) is 5.10 Å². The van der Waals surface area contributed by atoms with Gasteiger partial charge in [-0.1, -0.05) is 11.3 Å². The number of nitrogens with two attached hydrogens (primary N) is 1. The van der Waals surface area contributed by atoms with E-state index in [0.29, 0.717) is 72.5 Å². The van der Waals surface area contributed by atoms with Crippen molar-refractivity contribution in [1.82, 2.24) is 29.0 Å². The SMILES string of the molecule is Nc1nc2c(sc(=O)n2CCN2CCN(c3cc(OC4CC[SH+]CC4)c(F)cc3F)CC2)c2nc(-c3ccco3)nn12. The van der Waals surface area contributed by atoms with Gasteiger partial charge in [0.2, 0.25) is 11.8 Å². The van der Waals surface area contributed by atoms with Gasteiger partial charge in [0.05, 0.1) is 12.0 Å². The van der Waals surface area contributed by atoms with E-state index >= 15 is 0 Å². The summed E-state index contributed by atoms with van der Waals surface area (Å²) in [5.41, 5.74) is 7.46. The first-order chi connectivity index (χ1) is 20.4. The van der Waals surface area contributed by atoms with E-state index in [4.69, 9.17) is 14.9 Å². The second kappa shape index (κ2) is 11.2. The van der Waals surface area contributed by atoms with E-state index in [-0.39, 0.29) is 22.7 Å². The lowest BCUT2D eigenvalue weighted by molar-refractivity contribution is 0.183. The number of thiol groups is 1. The average Bonchev–Trinajstić information content (AvgIpc) is 3.74. The number of hydrogen-bond acceptors (Lipinski definition) is 10. The number of anilines is 2. The lowest BCUT2D eigenvalue weighted by Crippen LogP contribution is -2.47. The molecule has 11 nitrogen and oxygen atoms in total. The van der Waals surface area contributed by atoms with Crippen molar-refractivity contribution in [2.75, 3.05) is 54.9 Å². The molecule has 0 atom stereocenters. The maximum absolute atomic E-state index is 14.8. The fourth-order valence-corrected chi connectivity index (χ4v) is 7.56. The van der Waals surface area contributed by atoms with Crippen LogP contribution in [0.1, 0.15) is 12.8 Å². The molecule has 15 heteroatoms. The Balaban J connectivity index is 1.04. The molecule has 0 saturated carbocycles. The van der Waals surface area contributed by atoms with Crippen LogP contribution < -0.4 is 20.2 Å². The van der Waals surface area contributed by atoms with Crippen molar-refractivity contribution in [1.29, 1.82) is 0 Å². The first kappa shape index (κ1) is 27.2. The second-order valence-electron chi connectivity index (χ2n) is 10.3. The van der Waals surface area contributed by atoms with Gasteiger partial charge in [-0.25, -0.2) is 13.8 Å². The van der Waals surface area contributed by atoms with Crippen molar-refractivity contribution in [2.45, 2.75) is 25.5 Å². The van der Waals surface area contributed by atoms with E-state index < -0.39 is 11.6 Å². The molecule has 2 aliphatic rings. The lowest BCUT2D eigenvalue weighted by atomic mass is 10.2. The molecule has 0 aliphatic carbocycles. The fraction of sp³-hybridized carbons (Fsp3) is 0.407. The molecule has 1 aromatic carbocycles. The zero-order chi connectivity index (χ0) is 28.8. The molecule has 0 amide bonds. The van der Waals surface area contributed by atoms with Gasteiger partial charge in [0.25, 0.3) is 0 Å². The lowest BCUT2D eigenvalue weighted by Gasteiger charge is -2.36. The van der Waals surface area contributed by atoms with E-state index in [1.807, 2.05) is 4.90 Å². The minimum Gasteiger partial charge on any atom is -0.487 e. The monoisotopic (exact) mass is 615 g/mol. The van der Waals surface area contributed by atoms with Crippen LogP contribution in [0.2, 0.25) is 0 Å². The molecular weight excluding hydrogens is 586 g/mol. The summed E-state index contributed by atoms with van der Waals surface area (Å²) in [6.45, 7) is 3.43. The fourth-order valence-electron chi connectivity index (χ4n) is 5.46. The van der Waals surface area contributed by atoms with Gasteiger partial charge < -0.3 is 19.8 Å². The quantitative estimate of drug-likeness (QED) is 0.218. The molecule has 220 valence electrons. The van der Waals surface area contributed by atoms with E-state index in [2.05, 4.69) is 20.0 Å². The normalized spacial score (nSPS) is 17.0. The third-order valence-corrected chi connectivity index (χ3v) is 9.84. The molecule has 0 unspecified atom stereocenters. The molecule has 2 aliphatic heterocycles. The number of benzene rings is 1. The second-order valence-corrected chi connectivity index (χ2v) is 12.6. The first-order valence-electron chi connectivity index (χ1n) is 13.8. The molecular formula is C27H29F2N8O3S2+. The van der Waals surface area contributed by atoms with Crippen LogP contribution >= 0.6 is 11.3 Å². The summed E-state index contributed by atoms with van der Waals surface area (Å²) < 4.78 is 44.3. The summed E-state index contributed by atoms with van der Waals surface area (Å²) in [6, 6.07) is 5.92. The van der Waals surface area contributed by atoms with Gasteiger partial charge in [0.1, 0.15) is 28.1 Å². The van der Waals surface area contributed by atoms with Crippen molar-refractivity contribution >= 4 is 50.7 Å². The highest BCUT2D eigenvalue weighted by atomic mass is 32.2. The number of halogens is 2. The van der Waals surface area contributed by atoms with Crippen molar-refractivity contribution < 1.29 is 17.9 Å². The number of rotatable bonds is 7. The van der Waals surface area contributed by atoms with Crippen LogP contribution in [0.3, 0.4) is 0 Å². The van der Waals surface area contributed by atoms with Gasteiger partial charge in [-0.05, 0) is 23.9 Å². The van der Waals surface area contributed by atoms with Gasteiger partial charge in [0, 0.05) is 64.2 Å². The molecule has 42 heavy (non-hydrogen) atoms. The Morgan fingerprint density at radius 1 is 1.07 bits per heavy atom. The summed E-state index contributed by atoms with van der Waals surface area (Å²) in [5, 5.41) is 4.39. The first-order valence-corrected chi connectivity index (χ1v) is 15.9. The highest BCUT2D eigenvalue weighted by molar-refractivity contribution is 7.78. The molecule has 5 aromatic rings. The summed E-state index contributed by atoms with van der Waals surface area (Å²) in [6.07, 6.45) is 3.27. The predicted octanol–water partition coefficient (Wildman–Crippen LogP) is 2.80. The summed E-state index contributed by atoms with van der Waals surface area (Å²) >= 11 is 2.45. The van der Waals surface area contributed by atoms with Crippen molar-refractivity contribution in [2.24, 2.45) is 0 Å². The van der Waals surface area contributed by atoms with Crippen molar-refractivity contribution in [3.63, 3.8) is 0 Å². The number of hydrogen-bond donors (Lipinski definition) is 1. The number of nitrogen functional groups attached to an aromatic ring is 1. The number of aromatic nitrogens is 5. The zero-order valence-corrected chi connectivity index (χ0v) is 24.3. The molecule has 2 fully saturated rings. The number of furan rings is 1. The summed E-state index contributed by atoms with van der Waals surface area (Å²) in [5.74, 6) is 1.91. The van der Waals surface area contributed by atoms with Crippen LogP contribution in [0.4, 0.5) is 20.4 Å². The standard InChI is InChI=1S/C27H28F2N8O3S2/c28-17-14-18(29)21(40-16-3-12-41-13-4-16)15-19(17)35-8-5-34(6-9-35)7-10-36-24-22(42-27(36)38)25-31-23(20-2-1-11-39-20)33-37(25)26(30)32-24/h1-2,11,14-16H,3-10,12-13H2,(H2,30,32)/p+1. The van der Waals surface area contributed by atoms with Crippen molar-refractivity contribution in [3.8, 4) is 17.3 Å². The maximum Gasteiger partial charge on any atom is 0.309 e. The Kier molecular flexibility index (Phi) is 7.23. The number of piperazine rings is 1. The number of ether oxygens (including phenoxy) is 1. The molecule has 6 heterocycles. The molecule has 2 N–H and O–H groups in total. The van der Waals surface area contributed by atoms with E-state index in [1.165, 1.54) is 28.6 Å². The minimum absolute atomic E-state index is 0.0313. The van der Waals surface area contributed by atoms with Crippen LogP contribution in [-0.2, 0) is 18.3 Å². The Morgan fingerprint density at radius 2 is 1.88 bits per heavy atom. The van der Waals surface area contributed by atoms with Gasteiger partial charge in [0.15, 0.2) is 28.6 Å². The average molecular weight is 616 g/mol. The molecule has 7 rings (SSSR count). The number of fused-ring (bicyclic) bond motifs is 3. The highest BCUT2D eigenvalue weighted by Gasteiger charge is 2.26. The number of nitrogens with zero attached hydrogens (tertiary/aromatic N) is 7. The smallest absolute Gasteiger partial charge is 0.309 e. The molecule has 0 spiro atoms. The Bertz CT molecular complexity index is 1790. The van der Waals surface area contributed by atoms with Gasteiger partial charge >= 0.3 is 4.87 Å². The van der Waals surface area contributed by atoms with Gasteiger partial charge in [-0.2, -0.15) is 9.50 Å². The van der Waals surface area contributed by atoms with Crippen LogP contribution in [-0.4, -0.2) is 79.4 Å². The Hall–Kier alpha value is -3.69. The van der Waals surface area contributed by atoms with Crippen LogP contribution in [0, 0.1) is 11.6 Å². The number of thiazole rings is 1. The molecule has 4 aromatic heterocycles. The largest absolute Gasteiger partial charge is 0.487 e. The molecule has 2 saturated heterocycles. The Morgan fingerprint density at radius 3 is 2.64 bits per heavy atom. The predicted molar refractivity (Wildman–Crippen MR) is 160 cm³/mol. The zero-order valence-electron chi connectivity index (χ0n) is 22.6.